The molecule has 0 saturated heterocycles. The lowest BCUT2D eigenvalue weighted by atomic mass is 10.1. The van der Waals surface area contributed by atoms with Crippen molar-refractivity contribution in [1.82, 2.24) is 9.88 Å². The molecular weight excluding hydrogens is 232 g/mol. The SMILES string of the molecule is Cc1cc(NN)c(C(=O)N(C)CC(C)(C)O)cn1. The average molecular weight is 252 g/mol. The van der Waals surface area contributed by atoms with Crippen LogP contribution in [0.4, 0.5) is 5.69 Å². The van der Waals surface area contributed by atoms with E-state index in [1.54, 1.807) is 27.0 Å². The van der Waals surface area contributed by atoms with E-state index in [4.69, 9.17) is 5.84 Å². The standard InChI is InChI=1S/C12H20N4O2/c1-8-5-10(15-13)9(6-14-8)11(17)16(4)7-12(2,3)18/h5-6,18H,7,13H2,1-4H3,(H,14,15). The van der Waals surface area contributed by atoms with E-state index >= 15 is 0 Å². The number of aliphatic hydroxyl groups is 1. The quantitative estimate of drug-likeness (QED) is 0.536. The number of nitrogens with two attached hydrogens (primary N) is 1. The Hall–Kier alpha value is -1.66. The number of hydrazine groups is 1. The molecule has 0 fully saturated rings. The number of nitrogens with one attached hydrogen (secondary N) is 1. The van der Waals surface area contributed by atoms with Crippen LogP contribution in [0, 0.1) is 6.92 Å². The number of hydrogen-bond donors (Lipinski definition) is 3. The number of amides is 1. The van der Waals surface area contributed by atoms with Gasteiger partial charge in [-0.3, -0.25) is 15.6 Å². The fraction of sp³-hybridized carbons (Fsp3) is 0.500. The van der Waals surface area contributed by atoms with Gasteiger partial charge in [0.2, 0.25) is 0 Å². The van der Waals surface area contributed by atoms with Gasteiger partial charge in [0, 0.05) is 25.5 Å². The molecule has 0 aromatic carbocycles. The maximum atomic E-state index is 12.2. The number of aromatic nitrogens is 1. The van der Waals surface area contributed by atoms with Gasteiger partial charge in [-0.2, -0.15) is 0 Å². The van der Waals surface area contributed by atoms with Crippen LogP contribution >= 0.6 is 0 Å². The second kappa shape index (κ2) is 5.32. The van der Waals surface area contributed by atoms with Crippen LogP contribution < -0.4 is 11.3 Å². The summed E-state index contributed by atoms with van der Waals surface area (Å²) in [5.74, 6) is 5.15. The summed E-state index contributed by atoms with van der Waals surface area (Å²) in [4.78, 5) is 17.7. The number of aryl methyl sites for hydroxylation is 1. The van der Waals surface area contributed by atoms with Crippen molar-refractivity contribution in [2.45, 2.75) is 26.4 Å². The smallest absolute Gasteiger partial charge is 0.257 e. The number of nitrogens with zero attached hydrogens (tertiary/aromatic N) is 2. The molecule has 0 unspecified atom stereocenters. The van der Waals surface area contributed by atoms with E-state index in [0.29, 0.717) is 11.3 Å². The maximum absolute atomic E-state index is 12.2. The fourth-order valence-electron chi connectivity index (χ4n) is 1.71. The fourth-order valence-corrected chi connectivity index (χ4v) is 1.71. The normalized spacial score (nSPS) is 11.2. The van der Waals surface area contributed by atoms with Crippen molar-refractivity contribution in [3.05, 3.63) is 23.5 Å². The zero-order valence-corrected chi connectivity index (χ0v) is 11.2. The van der Waals surface area contributed by atoms with Crippen LogP contribution in [0.1, 0.15) is 29.9 Å². The molecule has 1 amide bonds. The topological polar surface area (TPSA) is 91.5 Å². The van der Waals surface area contributed by atoms with Gasteiger partial charge in [0.25, 0.3) is 5.91 Å². The van der Waals surface area contributed by atoms with Gasteiger partial charge in [-0.15, -0.1) is 0 Å². The Morgan fingerprint density at radius 3 is 2.72 bits per heavy atom. The lowest BCUT2D eigenvalue weighted by Gasteiger charge is -2.26. The molecule has 4 N–H and O–H groups in total. The summed E-state index contributed by atoms with van der Waals surface area (Å²) >= 11 is 0. The second-order valence-corrected chi connectivity index (χ2v) is 4.99. The summed E-state index contributed by atoms with van der Waals surface area (Å²) in [5, 5.41) is 9.70. The molecule has 0 radical (unpaired) electrons. The molecule has 1 aromatic heterocycles. The van der Waals surface area contributed by atoms with Gasteiger partial charge in [-0.1, -0.05) is 0 Å². The first-order valence-corrected chi connectivity index (χ1v) is 5.65. The van der Waals surface area contributed by atoms with Crippen molar-refractivity contribution in [2.75, 3.05) is 19.0 Å². The molecule has 0 atom stereocenters. The lowest BCUT2D eigenvalue weighted by Crippen LogP contribution is -2.40. The van der Waals surface area contributed by atoms with E-state index in [1.165, 1.54) is 11.1 Å². The average Bonchev–Trinajstić information content (AvgIpc) is 2.25. The number of carbonyl (C=O) groups is 1. The van der Waals surface area contributed by atoms with Gasteiger partial charge in [0.15, 0.2) is 0 Å². The predicted molar refractivity (Wildman–Crippen MR) is 70.0 cm³/mol. The number of nitrogen functional groups attached to an aromatic ring is 1. The molecule has 0 bridgehead atoms. The molecule has 0 saturated carbocycles. The number of likely N-dealkylation sites (N-methyl/N-ethyl adjacent to an activating group) is 1. The third-order valence-electron chi connectivity index (χ3n) is 2.40. The summed E-state index contributed by atoms with van der Waals surface area (Å²) < 4.78 is 0. The predicted octanol–water partition coefficient (Wildman–Crippen LogP) is 0.519. The zero-order valence-electron chi connectivity index (χ0n) is 11.2. The molecule has 0 spiro atoms. The molecule has 1 rings (SSSR count). The van der Waals surface area contributed by atoms with E-state index in [0.717, 1.165) is 5.69 Å². The molecule has 0 aliphatic rings. The third kappa shape index (κ3) is 3.68. The minimum atomic E-state index is -0.946. The highest BCUT2D eigenvalue weighted by molar-refractivity contribution is 5.99. The summed E-state index contributed by atoms with van der Waals surface area (Å²) in [6, 6.07) is 1.70. The molecule has 6 nitrogen and oxygen atoms in total. The van der Waals surface area contributed by atoms with E-state index in [2.05, 4.69) is 10.4 Å². The maximum Gasteiger partial charge on any atom is 0.257 e. The monoisotopic (exact) mass is 252 g/mol. The highest BCUT2D eigenvalue weighted by atomic mass is 16.3. The first-order valence-electron chi connectivity index (χ1n) is 5.65. The van der Waals surface area contributed by atoms with Crippen LogP contribution in [-0.2, 0) is 0 Å². The Bertz CT molecular complexity index is 440. The Morgan fingerprint density at radius 1 is 1.61 bits per heavy atom. The molecule has 0 aliphatic heterocycles. The third-order valence-corrected chi connectivity index (χ3v) is 2.40. The van der Waals surface area contributed by atoms with Crippen LogP contribution in [0.25, 0.3) is 0 Å². The van der Waals surface area contributed by atoms with E-state index in [1.807, 2.05) is 6.92 Å². The van der Waals surface area contributed by atoms with Gasteiger partial charge in [0.1, 0.15) is 0 Å². The number of carbonyl (C=O) groups excluding carboxylic acids is 1. The van der Waals surface area contributed by atoms with E-state index in [-0.39, 0.29) is 12.5 Å². The number of pyridine rings is 1. The second-order valence-electron chi connectivity index (χ2n) is 4.99. The molecular formula is C12H20N4O2. The van der Waals surface area contributed by atoms with Crippen LogP contribution in [-0.4, -0.2) is 40.1 Å². The molecule has 1 aromatic rings. The van der Waals surface area contributed by atoms with E-state index in [9.17, 15) is 9.90 Å². The molecule has 18 heavy (non-hydrogen) atoms. The van der Waals surface area contributed by atoms with Crippen LogP contribution in [0.3, 0.4) is 0 Å². The van der Waals surface area contributed by atoms with Crippen molar-refractivity contribution in [3.8, 4) is 0 Å². The van der Waals surface area contributed by atoms with Crippen LogP contribution in [0.2, 0.25) is 0 Å². The zero-order chi connectivity index (χ0) is 13.9. The molecule has 100 valence electrons. The largest absolute Gasteiger partial charge is 0.389 e. The minimum Gasteiger partial charge on any atom is -0.389 e. The highest BCUT2D eigenvalue weighted by Gasteiger charge is 2.22. The van der Waals surface area contributed by atoms with Crippen molar-refractivity contribution in [1.29, 1.82) is 0 Å². The molecule has 0 aliphatic carbocycles. The summed E-state index contributed by atoms with van der Waals surface area (Å²) in [7, 11) is 1.63. The molecule has 6 heteroatoms. The Kier molecular flexibility index (Phi) is 4.26. The highest BCUT2D eigenvalue weighted by Crippen LogP contribution is 2.17. The summed E-state index contributed by atoms with van der Waals surface area (Å²) in [6.07, 6.45) is 1.48. The summed E-state index contributed by atoms with van der Waals surface area (Å²) in [5.41, 5.74) is 3.21. The van der Waals surface area contributed by atoms with Gasteiger partial charge in [0.05, 0.1) is 16.9 Å². The summed E-state index contributed by atoms with van der Waals surface area (Å²) in [6.45, 7) is 5.33. The first kappa shape index (κ1) is 14.4. The van der Waals surface area contributed by atoms with Gasteiger partial charge in [-0.05, 0) is 26.8 Å². The van der Waals surface area contributed by atoms with E-state index < -0.39 is 5.60 Å². The Morgan fingerprint density at radius 2 is 2.22 bits per heavy atom. The van der Waals surface area contributed by atoms with Gasteiger partial charge < -0.3 is 15.4 Å². The van der Waals surface area contributed by atoms with Crippen LogP contribution in [0.5, 0.6) is 0 Å². The Labute approximate surface area is 107 Å². The van der Waals surface area contributed by atoms with Crippen molar-refractivity contribution < 1.29 is 9.90 Å². The van der Waals surface area contributed by atoms with Crippen molar-refractivity contribution >= 4 is 11.6 Å². The van der Waals surface area contributed by atoms with Gasteiger partial charge in [-0.25, -0.2) is 0 Å². The Balaban J connectivity index is 2.96. The van der Waals surface area contributed by atoms with Gasteiger partial charge >= 0.3 is 0 Å². The van der Waals surface area contributed by atoms with Crippen molar-refractivity contribution in [2.24, 2.45) is 5.84 Å². The van der Waals surface area contributed by atoms with Crippen molar-refractivity contribution in [3.63, 3.8) is 0 Å². The van der Waals surface area contributed by atoms with Crippen LogP contribution in [0.15, 0.2) is 12.3 Å². The number of anilines is 1. The lowest BCUT2D eigenvalue weighted by molar-refractivity contribution is 0.0368. The number of rotatable bonds is 4. The number of hydrogen-bond acceptors (Lipinski definition) is 5. The minimum absolute atomic E-state index is 0.226. The first-order chi connectivity index (χ1) is 8.24. The molecule has 1 heterocycles.